The van der Waals surface area contributed by atoms with Crippen molar-refractivity contribution in [3.05, 3.63) is 40.7 Å². The third-order valence-electron chi connectivity index (χ3n) is 3.23. The standard InChI is InChI=1S/C14H13N3O3S/c1-2-10(18)9-6-15-12-4-3-8(7-17(9)12)5-11-13(19)16-14(20)21-11/h3-7,10,18H,2H2,1H3,(H,16,19,20)/b11-5-. The van der Waals surface area contributed by atoms with E-state index in [4.69, 9.17) is 0 Å². The Morgan fingerprint density at radius 2 is 2.29 bits per heavy atom. The Kier molecular flexibility index (Phi) is 3.52. The highest BCUT2D eigenvalue weighted by atomic mass is 32.2. The van der Waals surface area contributed by atoms with Crippen LogP contribution < -0.4 is 5.32 Å². The van der Waals surface area contributed by atoms with E-state index in [0.29, 0.717) is 17.0 Å². The van der Waals surface area contributed by atoms with E-state index in [1.807, 2.05) is 13.0 Å². The number of nitrogens with one attached hydrogen (secondary N) is 1. The lowest BCUT2D eigenvalue weighted by atomic mass is 10.2. The van der Waals surface area contributed by atoms with Crippen LogP contribution >= 0.6 is 11.8 Å². The molecule has 2 aromatic rings. The van der Waals surface area contributed by atoms with E-state index in [9.17, 15) is 14.7 Å². The molecule has 1 unspecified atom stereocenters. The van der Waals surface area contributed by atoms with Gasteiger partial charge in [-0.15, -0.1) is 0 Å². The van der Waals surface area contributed by atoms with Crippen LogP contribution in [0.3, 0.4) is 0 Å². The number of aromatic nitrogens is 2. The summed E-state index contributed by atoms with van der Waals surface area (Å²) in [6.45, 7) is 1.89. The molecule has 7 heteroatoms. The molecule has 0 bridgehead atoms. The number of pyridine rings is 1. The van der Waals surface area contributed by atoms with E-state index in [0.717, 1.165) is 23.0 Å². The maximum atomic E-state index is 11.5. The summed E-state index contributed by atoms with van der Waals surface area (Å²) in [6, 6.07) is 3.62. The van der Waals surface area contributed by atoms with Crippen molar-refractivity contribution in [1.82, 2.24) is 14.7 Å². The van der Waals surface area contributed by atoms with Crippen molar-refractivity contribution in [3.8, 4) is 0 Å². The minimum Gasteiger partial charge on any atom is -0.387 e. The fraction of sp³-hybridized carbons (Fsp3) is 0.214. The molecule has 2 aromatic heterocycles. The highest BCUT2D eigenvalue weighted by Gasteiger charge is 2.25. The average Bonchev–Trinajstić information content (AvgIpc) is 3.01. The first kappa shape index (κ1) is 13.8. The largest absolute Gasteiger partial charge is 0.387 e. The van der Waals surface area contributed by atoms with Crippen molar-refractivity contribution in [2.45, 2.75) is 19.4 Å². The molecule has 0 radical (unpaired) electrons. The molecule has 1 aliphatic rings. The van der Waals surface area contributed by atoms with Gasteiger partial charge in [-0.3, -0.25) is 14.9 Å². The van der Waals surface area contributed by atoms with E-state index in [-0.39, 0.29) is 11.1 Å². The normalized spacial score (nSPS) is 18.5. The fourth-order valence-corrected chi connectivity index (χ4v) is 2.81. The van der Waals surface area contributed by atoms with Gasteiger partial charge in [-0.1, -0.05) is 6.92 Å². The minimum atomic E-state index is -0.589. The summed E-state index contributed by atoms with van der Waals surface area (Å²) in [5, 5.41) is 11.8. The first-order valence-corrected chi connectivity index (χ1v) is 7.30. The number of imidazole rings is 1. The van der Waals surface area contributed by atoms with Crippen LogP contribution in [0.4, 0.5) is 4.79 Å². The first-order chi connectivity index (χ1) is 10.1. The topological polar surface area (TPSA) is 83.7 Å². The number of imide groups is 1. The summed E-state index contributed by atoms with van der Waals surface area (Å²) >= 11 is 0.878. The summed E-state index contributed by atoms with van der Waals surface area (Å²) in [5.41, 5.74) is 2.18. The predicted molar refractivity (Wildman–Crippen MR) is 79.5 cm³/mol. The van der Waals surface area contributed by atoms with E-state index in [1.54, 1.807) is 28.9 Å². The third-order valence-corrected chi connectivity index (χ3v) is 4.04. The van der Waals surface area contributed by atoms with Gasteiger partial charge in [0, 0.05) is 6.20 Å². The van der Waals surface area contributed by atoms with E-state index >= 15 is 0 Å². The number of hydrogen-bond donors (Lipinski definition) is 2. The highest BCUT2D eigenvalue weighted by Crippen LogP contribution is 2.26. The first-order valence-electron chi connectivity index (χ1n) is 6.48. The van der Waals surface area contributed by atoms with E-state index in [2.05, 4.69) is 10.3 Å². The molecule has 2 N–H and O–H groups in total. The van der Waals surface area contributed by atoms with Gasteiger partial charge in [0.1, 0.15) is 5.65 Å². The molecule has 108 valence electrons. The molecule has 1 fully saturated rings. The van der Waals surface area contributed by atoms with Gasteiger partial charge < -0.3 is 9.51 Å². The quantitative estimate of drug-likeness (QED) is 0.848. The number of aliphatic hydroxyl groups excluding tert-OH is 1. The van der Waals surface area contributed by atoms with Gasteiger partial charge in [-0.05, 0) is 42.0 Å². The molecule has 6 nitrogen and oxygen atoms in total. The van der Waals surface area contributed by atoms with E-state index < -0.39 is 6.10 Å². The Morgan fingerprint density at radius 1 is 1.48 bits per heavy atom. The van der Waals surface area contributed by atoms with Crippen molar-refractivity contribution in [3.63, 3.8) is 0 Å². The van der Waals surface area contributed by atoms with Crippen molar-refractivity contribution in [1.29, 1.82) is 0 Å². The minimum absolute atomic E-state index is 0.358. The average molecular weight is 303 g/mol. The number of nitrogens with zero attached hydrogens (tertiary/aromatic N) is 2. The lowest BCUT2D eigenvalue weighted by Crippen LogP contribution is -2.17. The number of aliphatic hydroxyl groups is 1. The van der Waals surface area contributed by atoms with Crippen LogP contribution in [0.1, 0.15) is 30.7 Å². The van der Waals surface area contributed by atoms with Crippen molar-refractivity contribution in [2.75, 3.05) is 0 Å². The maximum Gasteiger partial charge on any atom is 0.290 e. The fourth-order valence-electron chi connectivity index (χ4n) is 2.13. The van der Waals surface area contributed by atoms with Crippen LogP contribution in [0, 0.1) is 0 Å². The van der Waals surface area contributed by atoms with E-state index in [1.165, 1.54) is 0 Å². The van der Waals surface area contributed by atoms with Crippen molar-refractivity contribution >= 4 is 34.6 Å². The number of carbonyl (C=O) groups is 2. The molecule has 1 saturated heterocycles. The lowest BCUT2D eigenvalue weighted by Gasteiger charge is -2.07. The Morgan fingerprint density at radius 3 is 2.95 bits per heavy atom. The van der Waals surface area contributed by atoms with Gasteiger partial charge >= 0.3 is 0 Å². The molecule has 1 atom stereocenters. The zero-order valence-electron chi connectivity index (χ0n) is 11.2. The summed E-state index contributed by atoms with van der Waals surface area (Å²) < 4.78 is 1.79. The second-order valence-corrected chi connectivity index (χ2v) is 5.66. The molecule has 0 aliphatic carbocycles. The smallest absolute Gasteiger partial charge is 0.290 e. The molecule has 0 spiro atoms. The Bertz CT molecular complexity index is 766. The number of amides is 2. The molecule has 21 heavy (non-hydrogen) atoms. The Labute approximate surface area is 124 Å². The molecule has 0 aromatic carbocycles. The molecule has 1 aliphatic heterocycles. The molecule has 3 heterocycles. The molecule has 2 amide bonds. The van der Waals surface area contributed by atoms with Crippen LogP contribution in [-0.2, 0) is 4.79 Å². The number of fused-ring (bicyclic) bond motifs is 1. The Hall–Kier alpha value is -2.12. The van der Waals surface area contributed by atoms with Crippen molar-refractivity contribution < 1.29 is 14.7 Å². The van der Waals surface area contributed by atoms with Gasteiger partial charge in [0.15, 0.2) is 0 Å². The van der Waals surface area contributed by atoms with Crippen LogP contribution in [0.2, 0.25) is 0 Å². The third kappa shape index (κ3) is 2.57. The van der Waals surface area contributed by atoms with Crippen LogP contribution in [-0.4, -0.2) is 25.6 Å². The number of carbonyl (C=O) groups excluding carboxylic acids is 2. The van der Waals surface area contributed by atoms with Gasteiger partial charge in [0.2, 0.25) is 0 Å². The van der Waals surface area contributed by atoms with Gasteiger partial charge in [0.05, 0.1) is 22.9 Å². The predicted octanol–water partition coefficient (Wildman–Crippen LogP) is 2.10. The maximum absolute atomic E-state index is 11.5. The number of hydrogen-bond acceptors (Lipinski definition) is 5. The van der Waals surface area contributed by atoms with Gasteiger partial charge in [0.25, 0.3) is 11.1 Å². The zero-order chi connectivity index (χ0) is 15.0. The second-order valence-electron chi connectivity index (χ2n) is 4.65. The van der Waals surface area contributed by atoms with Gasteiger partial charge in [-0.2, -0.15) is 0 Å². The monoisotopic (exact) mass is 303 g/mol. The summed E-state index contributed by atoms with van der Waals surface area (Å²) in [5.74, 6) is -0.385. The molecular weight excluding hydrogens is 290 g/mol. The zero-order valence-corrected chi connectivity index (χ0v) is 12.1. The number of rotatable bonds is 3. The Balaban J connectivity index is 2.02. The van der Waals surface area contributed by atoms with Crippen LogP contribution in [0.25, 0.3) is 11.7 Å². The van der Waals surface area contributed by atoms with Crippen molar-refractivity contribution in [2.24, 2.45) is 0 Å². The lowest BCUT2D eigenvalue weighted by molar-refractivity contribution is -0.115. The summed E-state index contributed by atoms with van der Waals surface area (Å²) in [6.07, 6.45) is 5.08. The molecule has 0 saturated carbocycles. The summed E-state index contributed by atoms with van der Waals surface area (Å²) in [7, 11) is 0. The second kappa shape index (κ2) is 5.34. The summed E-state index contributed by atoms with van der Waals surface area (Å²) in [4.78, 5) is 27.3. The SMILES string of the molecule is CCC(O)c1cnc2ccc(/C=C3\SC(=O)NC3=O)cn12. The molecular formula is C14H13N3O3S. The van der Waals surface area contributed by atoms with Crippen LogP contribution in [0.15, 0.2) is 29.4 Å². The molecule has 3 rings (SSSR count). The van der Waals surface area contributed by atoms with Crippen LogP contribution in [0.5, 0.6) is 0 Å². The highest BCUT2D eigenvalue weighted by molar-refractivity contribution is 8.18. The van der Waals surface area contributed by atoms with Gasteiger partial charge in [-0.25, -0.2) is 4.98 Å². The number of thioether (sulfide) groups is 1.